The molecular formula is C13H26N4O3. The van der Waals surface area contributed by atoms with Gasteiger partial charge < -0.3 is 21.6 Å². The van der Waals surface area contributed by atoms with E-state index in [0.29, 0.717) is 19.4 Å². The third-order valence-corrected chi connectivity index (χ3v) is 3.45. The van der Waals surface area contributed by atoms with E-state index in [0.717, 1.165) is 6.42 Å². The van der Waals surface area contributed by atoms with E-state index in [1.807, 2.05) is 6.92 Å². The van der Waals surface area contributed by atoms with E-state index < -0.39 is 5.41 Å². The number of oxime groups is 1. The first-order valence-electron chi connectivity index (χ1n) is 7.01. The van der Waals surface area contributed by atoms with Crippen molar-refractivity contribution in [1.82, 2.24) is 10.6 Å². The van der Waals surface area contributed by atoms with Crippen molar-refractivity contribution in [3.05, 3.63) is 0 Å². The summed E-state index contributed by atoms with van der Waals surface area (Å²) in [6.45, 7) is 6.43. The zero-order chi connectivity index (χ0) is 15.6. The highest BCUT2D eigenvalue weighted by Crippen LogP contribution is 2.26. The number of carbonyl (C=O) groups is 2. The van der Waals surface area contributed by atoms with E-state index in [-0.39, 0.29) is 30.6 Å². The molecule has 0 heterocycles. The first-order valence-corrected chi connectivity index (χ1v) is 7.01. The summed E-state index contributed by atoms with van der Waals surface area (Å²) in [5, 5.41) is 17.2. The molecule has 0 aliphatic heterocycles. The van der Waals surface area contributed by atoms with Gasteiger partial charge in [-0.1, -0.05) is 25.9 Å². The molecule has 0 rings (SSSR count). The molecule has 0 atom stereocenters. The van der Waals surface area contributed by atoms with E-state index in [1.165, 1.54) is 0 Å². The molecular weight excluding hydrogens is 260 g/mol. The van der Waals surface area contributed by atoms with Gasteiger partial charge in [0.2, 0.25) is 11.8 Å². The smallest absolute Gasteiger partial charge is 0.233 e. The molecule has 0 aromatic heterocycles. The van der Waals surface area contributed by atoms with Crippen molar-refractivity contribution in [2.45, 2.75) is 46.5 Å². The molecule has 0 saturated carbocycles. The largest absolute Gasteiger partial charge is 0.409 e. The molecule has 116 valence electrons. The Morgan fingerprint density at radius 3 is 2.20 bits per heavy atom. The Bertz CT molecular complexity index is 352. The minimum Gasteiger partial charge on any atom is -0.409 e. The van der Waals surface area contributed by atoms with E-state index in [9.17, 15) is 9.59 Å². The SMILES string of the molecule is CCCNC(=O)CCNC(=O)C(CC)(CC)C(N)=NO. The summed E-state index contributed by atoms with van der Waals surface area (Å²) in [6.07, 6.45) is 1.93. The van der Waals surface area contributed by atoms with Crippen LogP contribution in [0.25, 0.3) is 0 Å². The number of rotatable bonds is 9. The molecule has 0 unspecified atom stereocenters. The Morgan fingerprint density at radius 1 is 1.15 bits per heavy atom. The maximum Gasteiger partial charge on any atom is 0.233 e. The zero-order valence-corrected chi connectivity index (χ0v) is 12.5. The van der Waals surface area contributed by atoms with Crippen molar-refractivity contribution in [1.29, 1.82) is 0 Å². The number of nitrogens with two attached hydrogens (primary N) is 1. The quantitative estimate of drug-likeness (QED) is 0.214. The van der Waals surface area contributed by atoms with Crippen LogP contribution in [0.2, 0.25) is 0 Å². The van der Waals surface area contributed by atoms with Crippen LogP contribution < -0.4 is 16.4 Å². The number of hydrogen-bond donors (Lipinski definition) is 4. The fourth-order valence-corrected chi connectivity index (χ4v) is 1.96. The molecule has 0 aromatic rings. The van der Waals surface area contributed by atoms with Gasteiger partial charge in [-0.3, -0.25) is 9.59 Å². The first kappa shape index (κ1) is 18.2. The number of carbonyl (C=O) groups excluding carboxylic acids is 2. The minimum absolute atomic E-state index is 0.101. The molecule has 0 spiro atoms. The third kappa shape index (κ3) is 4.71. The van der Waals surface area contributed by atoms with Crippen molar-refractivity contribution in [3.8, 4) is 0 Å². The zero-order valence-electron chi connectivity index (χ0n) is 12.5. The fraction of sp³-hybridized carbons (Fsp3) is 0.769. The van der Waals surface area contributed by atoms with E-state index in [2.05, 4.69) is 15.8 Å². The molecule has 0 aliphatic rings. The predicted molar refractivity (Wildman–Crippen MR) is 77.4 cm³/mol. The van der Waals surface area contributed by atoms with Crippen LogP contribution in [0, 0.1) is 5.41 Å². The lowest BCUT2D eigenvalue weighted by atomic mass is 9.80. The van der Waals surface area contributed by atoms with Crippen LogP contribution in [-0.4, -0.2) is 35.9 Å². The van der Waals surface area contributed by atoms with Crippen molar-refractivity contribution < 1.29 is 14.8 Å². The van der Waals surface area contributed by atoms with Crippen molar-refractivity contribution in [3.63, 3.8) is 0 Å². The fourth-order valence-electron chi connectivity index (χ4n) is 1.96. The molecule has 0 aliphatic carbocycles. The van der Waals surface area contributed by atoms with Crippen molar-refractivity contribution in [2.75, 3.05) is 13.1 Å². The Morgan fingerprint density at radius 2 is 1.75 bits per heavy atom. The molecule has 7 nitrogen and oxygen atoms in total. The topological polar surface area (TPSA) is 117 Å². The summed E-state index contributed by atoms with van der Waals surface area (Å²) in [6, 6.07) is 0. The molecule has 5 N–H and O–H groups in total. The second-order valence-corrected chi connectivity index (χ2v) is 4.63. The maximum atomic E-state index is 12.2. The molecule has 0 fully saturated rings. The van der Waals surface area contributed by atoms with E-state index >= 15 is 0 Å². The number of amides is 2. The van der Waals surface area contributed by atoms with Crippen LogP contribution in [0.3, 0.4) is 0 Å². The highest BCUT2D eigenvalue weighted by Gasteiger charge is 2.39. The number of nitrogens with one attached hydrogen (secondary N) is 2. The number of hydrogen-bond acceptors (Lipinski definition) is 4. The first-order chi connectivity index (χ1) is 9.48. The Balaban J connectivity index is 4.46. The molecule has 0 aromatic carbocycles. The van der Waals surface area contributed by atoms with Crippen LogP contribution >= 0.6 is 0 Å². The monoisotopic (exact) mass is 286 g/mol. The minimum atomic E-state index is -1.02. The molecule has 2 amide bonds. The van der Waals surface area contributed by atoms with Crippen LogP contribution in [0.4, 0.5) is 0 Å². The Kier molecular flexibility index (Phi) is 8.35. The average molecular weight is 286 g/mol. The summed E-state index contributed by atoms with van der Waals surface area (Å²) in [5.74, 6) is -0.522. The summed E-state index contributed by atoms with van der Waals surface area (Å²) >= 11 is 0. The summed E-state index contributed by atoms with van der Waals surface area (Å²) < 4.78 is 0. The highest BCUT2D eigenvalue weighted by molar-refractivity contribution is 6.06. The normalized spacial score (nSPS) is 12.1. The van der Waals surface area contributed by atoms with E-state index in [1.54, 1.807) is 13.8 Å². The molecule has 0 radical (unpaired) electrons. The second-order valence-electron chi connectivity index (χ2n) is 4.63. The summed E-state index contributed by atoms with van der Waals surface area (Å²) in [4.78, 5) is 23.6. The lowest BCUT2D eigenvalue weighted by Gasteiger charge is -2.28. The molecule has 0 saturated heterocycles. The van der Waals surface area contributed by atoms with Crippen molar-refractivity contribution in [2.24, 2.45) is 16.3 Å². The Labute approximate surface area is 120 Å². The molecule has 20 heavy (non-hydrogen) atoms. The van der Waals surface area contributed by atoms with E-state index in [4.69, 9.17) is 10.9 Å². The van der Waals surface area contributed by atoms with Crippen molar-refractivity contribution >= 4 is 17.6 Å². The summed E-state index contributed by atoms with van der Waals surface area (Å²) in [5.41, 5.74) is 4.61. The Hall–Kier alpha value is -1.79. The van der Waals surface area contributed by atoms with Gasteiger partial charge in [0.05, 0.1) is 0 Å². The summed E-state index contributed by atoms with van der Waals surface area (Å²) in [7, 11) is 0. The van der Waals surface area contributed by atoms with Gasteiger partial charge in [0.1, 0.15) is 5.41 Å². The van der Waals surface area contributed by atoms with Gasteiger partial charge in [-0.2, -0.15) is 0 Å². The molecule has 0 bridgehead atoms. The predicted octanol–water partition coefficient (Wildman–Crippen LogP) is 0.572. The second kappa shape index (κ2) is 9.17. The maximum absolute atomic E-state index is 12.2. The number of nitrogens with zero attached hydrogens (tertiary/aromatic N) is 1. The van der Waals surface area contributed by atoms with Gasteiger partial charge >= 0.3 is 0 Å². The van der Waals surface area contributed by atoms with Crippen LogP contribution in [0.5, 0.6) is 0 Å². The van der Waals surface area contributed by atoms with Crippen LogP contribution in [-0.2, 0) is 9.59 Å². The van der Waals surface area contributed by atoms with Gasteiger partial charge in [-0.25, -0.2) is 0 Å². The van der Waals surface area contributed by atoms with Crippen LogP contribution in [0.15, 0.2) is 5.16 Å². The van der Waals surface area contributed by atoms with Gasteiger partial charge in [0, 0.05) is 19.5 Å². The molecule has 7 heteroatoms. The third-order valence-electron chi connectivity index (χ3n) is 3.45. The standard InChI is InChI=1S/C13H26N4O3/c1-4-8-15-10(18)7-9-16-12(19)13(5-2,6-3)11(14)17-20/h20H,4-9H2,1-3H3,(H2,14,17)(H,15,18)(H,16,19). The van der Waals surface area contributed by atoms with Gasteiger partial charge in [-0.05, 0) is 19.3 Å². The lowest BCUT2D eigenvalue weighted by Crippen LogP contribution is -2.49. The average Bonchev–Trinajstić information content (AvgIpc) is 2.46. The lowest BCUT2D eigenvalue weighted by molar-refractivity contribution is -0.128. The van der Waals surface area contributed by atoms with Gasteiger partial charge in [0.25, 0.3) is 0 Å². The van der Waals surface area contributed by atoms with Crippen LogP contribution in [0.1, 0.15) is 46.5 Å². The van der Waals surface area contributed by atoms with Gasteiger partial charge in [-0.15, -0.1) is 0 Å². The van der Waals surface area contributed by atoms with Gasteiger partial charge in [0.15, 0.2) is 5.84 Å². The highest BCUT2D eigenvalue weighted by atomic mass is 16.4. The number of amidine groups is 1.